The summed E-state index contributed by atoms with van der Waals surface area (Å²) in [5.41, 5.74) is 4.28. The lowest BCUT2D eigenvalue weighted by atomic mass is 9.90. The normalized spacial score (nSPS) is 11.1. The Morgan fingerprint density at radius 3 is 2.69 bits per heavy atom. The van der Waals surface area contributed by atoms with Crippen molar-refractivity contribution >= 4 is 29.5 Å². The molecule has 0 bridgehead atoms. The molecule has 1 aliphatic heterocycles. The summed E-state index contributed by atoms with van der Waals surface area (Å²) in [6.07, 6.45) is 0. The number of aryl methyl sites for hydroxylation is 1. The standard InChI is InChI=1S/C23H19NO4S/c1-13-2-3-14(23(27)24-8-9-29)10-19(13)22-17-6-4-15(25)11-20(17)28-21-12-16(26)5-7-18(21)22/h2-7,10-12,25,29H,8-9H2,1H3,(H,24,27). The molecule has 0 spiro atoms. The molecule has 2 N–H and O–H groups in total. The van der Waals surface area contributed by atoms with E-state index in [0.717, 1.165) is 27.6 Å². The van der Waals surface area contributed by atoms with Gasteiger partial charge in [-0.25, -0.2) is 0 Å². The molecule has 0 aromatic heterocycles. The number of benzene rings is 3. The number of rotatable bonds is 4. The Morgan fingerprint density at radius 1 is 1.07 bits per heavy atom. The number of carbonyl (C=O) groups excluding carboxylic acids is 1. The molecule has 4 rings (SSSR count). The minimum absolute atomic E-state index is 0.0708. The zero-order chi connectivity index (χ0) is 20.5. The number of phenolic OH excluding ortho intramolecular Hbond substituents is 1. The van der Waals surface area contributed by atoms with Gasteiger partial charge in [-0.3, -0.25) is 9.59 Å². The van der Waals surface area contributed by atoms with Crippen molar-refractivity contribution < 1.29 is 14.3 Å². The zero-order valence-corrected chi connectivity index (χ0v) is 16.6. The molecule has 0 atom stereocenters. The predicted molar refractivity (Wildman–Crippen MR) is 117 cm³/mol. The Kier molecular flexibility index (Phi) is 5.03. The van der Waals surface area contributed by atoms with Crippen LogP contribution in [-0.4, -0.2) is 23.3 Å². The highest BCUT2D eigenvalue weighted by atomic mass is 32.1. The summed E-state index contributed by atoms with van der Waals surface area (Å²) < 4.78 is 5.89. The fourth-order valence-electron chi connectivity index (χ4n) is 3.45. The fraction of sp³-hybridized carbons (Fsp3) is 0.130. The predicted octanol–water partition coefficient (Wildman–Crippen LogP) is 4.24. The molecule has 0 fully saturated rings. The third-order valence-electron chi connectivity index (χ3n) is 4.84. The molecule has 5 nitrogen and oxygen atoms in total. The lowest BCUT2D eigenvalue weighted by Crippen LogP contribution is -2.25. The van der Waals surface area contributed by atoms with Crippen LogP contribution < -0.4 is 10.7 Å². The van der Waals surface area contributed by atoms with E-state index in [-0.39, 0.29) is 17.1 Å². The third kappa shape index (κ3) is 3.59. The van der Waals surface area contributed by atoms with Crippen LogP contribution in [0.25, 0.3) is 33.4 Å². The quantitative estimate of drug-likeness (QED) is 0.351. The van der Waals surface area contributed by atoms with Crippen molar-refractivity contribution in [1.29, 1.82) is 0 Å². The van der Waals surface area contributed by atoms with E-state index in [1.807, 2.05) is 19.1 Å². The number of fused-ring (bicyclic) bond motifs is 2. The Labute approximate surface area is 172 Å². The Hall–Kier alpha value is -3.25. The number of carbonyl (C=O) groups is 1. The Morgan fingerprint density at radius 2 is 1.90 bits per heavy atom. The highest BCUT2D eigenvalue weighted by Gasteiger charge is 2.20. The van der Waals surface area contributed by atoms with Crippen molar-refractivity contribution in [2.75, 3.05) is 12.3 Å². The van der Waals surface area contributed by atoms with E-state index in [9.17, 15) is 14.7 Å². The van der Waals surface area contributed by atoms with Gasteiger partial charge in [-0.1, -0.05) is 6.07 Å². The molecule has 2 aromatic rings. The van der Waals surface area contributed by atoms with Gasteiger partial charge < -0.3 is 14.8 Å². The first-order valence-electron chi connectivity index (χ1n) is 9.17. The zero-order valence-electron chi connectivity index (χ0n) is 15.7. The third-order valence-corrected chi connectivity index (χ3v) is 5.07. The number of nitrogens with one attached hydrogen (secondary N) is 1. The number of aromatic hydroxyl groups is 1. The summed E-state index contributed by atoms with van der Waals surface area (Å²) in [4.78, 5) is 24.4. The molecule has 29 heavy (non-hydrogen) atoms. The second-order valence-corrected chi connectivity index (χ2v) is 7.27. The Bertz CT molecular complexity index is 1260. The summed E-state index contributed by atoms with van der Waals surface area (Å²) in [5.74, 6) is 0.881. The fourth-order valence-corrected chi connectivity index (χ4v) is 3.57. The molecule has 1 amide bonds. The van der Waals surface area contributed by atoms with E-state index in [0.29, 0.717) is 29.2 Å². The number of phenols is 1. The van der Waals surface area contributed by atoms with Gasteiger partial charge in [0.05, 0.1) is 0 Å². The molecule has 1 aliphatic carbocycles. The molecule has 2 aromatic carbocycles. The van der Waals surface area contributed by atoms with Crippen molar-refractivity contribution in [3.63, 3.8) is 0 Å². The maximum atomic E-state index is 12.5. The first kappa shape index (κ1) is 19.1. The van der Waals surface area contributed by atoms with E-state index in [4.69, 9.17) is 4.42 Å². The first-order chi connectivity index (χ1) is 14.0. The van der Waals surface area contributed by atoms with Gasteiger partial charge in [0.2, 0.25) is 0 Å². The lowest BCUT2D eigenvalue weighted by Gasteiger charge is -2.17. The van der Waals surface area contributed by atoms with E-state index >= 15 is 0 Å². The molecular weight excluding hydrogens is 386 g/mol. The minimum Gasteiger partial charge on any atom is -0.508 e. The molecule has 2 aliphatic rings. The van der Waals surface area contributed by atoms with Crippen LogP contribution in [0.15, 0.2) is 63.8 Å². The lowest BCUT2D eigenvalue weighted by molar-refractivity contribution is 0.0956. The summed E-state index contributed by atoms with van der Waals surface area (Å²) in [5, 5.41) is 13.5. The van der Waals surface area contributed by atoms with Crippen LogP contribution in [0.1, 0.15) is 15.9 Å². The molecule has 0 unspecified atom stereocenters. The van der Waals surface area contributed by atoms with Gasteiger partial charge in [0.15, 0.2) is 5.43 Å². The van der Waals surface area contributed by atoms with E-state index in [2.05, 4.69) is 17.9 Å². The van der Waals surface area contributed by atoms with Gasteiger partial charge >= 0.3 is 0 Å². The average Bonchev–Trinajstić information content (AvgIpc) is 2.70. The van der Waals surface area contributed by atoms with Gasteiger partial charge in [-0.05, 0) is 54.4 Å². The number of hydrogen-bond acceptors (Lipinski definition) is 5. The van der Waals surface area contributed by atoms with Crippen LogP contribution in [0, 0.1) is 6.92 Å². The molecule has 1 heterocycles. The van der Waals surface area contributed by atoms with Crippen LogP contribution in [0.3, 0.4) is 0 Å². The summed E-state index contributed by atoms with van der Waals surface area (Å²) in [6.45, 7) is 2.45. The number of thiol groups is 1. The van der Waals surface area contributed by atoms with Crippen molar-refractivity contribution in [3.8, 4) is 28.2 Å². The van der Waals surface area contributed by atoms with Gasteiger partial charge in [0.25, 0.3) is 5.91 Å². The smallest absolute Gasteiger partial charge is 0.251 e. The number of hydrogen-bond donors (Lipinski definition) is 3. The van der Waals surface area contributed by atoms with Crippen LogP contribution in [0.4, 0.5) is 0 Å². The highest BCUT2D eigenvalue weighted by Crippen LogP contribution is 2.41. The summed E-state index contributed by atoms with van der Waals surface area (Å²) in [6, 6.07) is 15.1. The van der Waals surface area contributed by atoms with Gasteiger partial charge in [0, 0.05) is 46.5 Å². The average molecular weight is 405 g/mol. The number of amides is 1. The minimum atomic E-state index is -0.172. The largest absolute Gasteiger partial charge is 0.508 e. The SMILES string of the molecule is Cc1ccc(C(=O)NCCS)cc1-c1c2ccc(=O)cc-2oc2cc(O)ccc12. The van der Waals surface area contributed by atoms with Gasteiger partial charge in [0.1, 0.15) is 17.1 Å². The molecule has 0 saturated heterocycles. The van der Waals surface area contributed by atoms with Gasteiger partial charge in [-0.2, -0.15) is 12.6 Å². The second kappa shape index (κ2) is 7.64. The topological polar surface area (TPSA) is 79.5 Å². The van der Waals surface area contributed by atoms with Crippen LogP contribution in [-0.2, 0) is 0 Å². The van der Waals surface area contributed by atoms with E-state index < -0.39 is 0 Å². The molecule has 146 valence electrons. The molecule has 0 radical (unpaired) electrons. The highest BCUT2D eigenvalue weighted by molar-refractivity contribution is 7.80. The second-order valence-electron chi connectivity index (χ2n) is 6.82. The monoisotopic (exact) mass is 405 g/mol. The van der Waals surface area contributed by atoms with Crippen molar-refractivity contribution in [2.24, 2.45) is 0 Å². The van der Waals surface area contributed by atoms with Crippen molar-refractivity contribution in [2.45, 2.75) is 6.92 Å². The van der Waals surface area contributed by atoms with Crippen LogP contribution in [0.2, 0.25) is 0 Å². The Balaban J connectivity index is 2.02. The van der Waals surface area contributed by atoms with E-state index in [1.54, 1.807) is 24.3 Å². The van der Waals surface area contributed by atoms with Crippen molar-refractivity contribution in [3.05, 3.63) is 75.9 Å². The van der Waals surface area contributed by atoms with Crippen molar-refractivity contribution in [1.82, 2.24) is 5.32 Å². The first-order valence-corrected chi connectivity index (χ1v) is 9.81. The van der Waals surface area contributed by atoms with Crippen LogP contribution >= 0.6 is 12.6 Å². The molecular formula is C23H19NO4S. The summed E-state index contributed by atoms with van der Waals surface area (Å²) >= 11 is 4.13. The van der Waals surface area contributed by atoms with Gasteiger partial charge in [-0.15, -0.1) is 0 Å². The van der Waals surface area contributed by atoms with Crippen LogP contribution in [0.5, 0.6) is 5.75 Å². The maximum absolute atomic E-state index is 12.5. The van der Waals surface area contributed by atoms with E-state index in [1.165, 1.54) is 18.2 Å². The molecule has 6 heteroatoms. The molecule has 0 saturated carbocycles. The maximum Gasteiger partial charge on any atom is 0.251 e. The summed E-state index contributed by atoms with van der Waals surface area (Å²) in [7, 11) is 0.